The molecule has 1 atom stereocenters. The molecular formula is C9H15N3OS. The predicted octanol–water partition coefficient (Wildman–Crippen LogP) is 1.82. The smallest absolute Gasteiger partial charge is 0.195 e. The highest BCUT2D eigenvalue weighted by Gasteiger charge is 2.15. The van der Waals surface area contributed by atoms with Gasteiger partial charge in [0.2, 0.25) is 0 Å². The lowest BCUT2D eigenvalue weighted by Crippen LogP contribution is -2.11. The third-order valence-corrected chi connectivity index (χ3v) is 2.96. The van der Waals surface area contributed by atoms with Crippen LogP contribution in [0.15, 0.2) is 0 Å². The van der Waals surface area contributed by atoms with Crippen LogP contribution >= 0.6 is 12.2 Å². The molecule has 0 radical (unpaired) electrons. The normalized spacial score (nSPS) is 21.6. The van der Waals surface area contributed by atoms with E-state index in [2.05, 4.69) is 10.2 Å². The molecular weight excluding hydrogens is 198 g/mol. The molecule has 1 aromatic heterocycles. The molecule has 0 amide bonds. The van der Waals surface area contributed by atoms with Gasteiger partial charge in [-0.1, -0.05) is 0 Å². The highest BCUT2D eigenvalue weighted by molar-refractivity contribution is 7.71. The third kappa shape index (κ3) is 2.04. The van der Waals surface area contributed by atoms with Gasteiger partial charge in [-0.3, -0.25) is 5.10 Å². The Morgan fingerprint density at radius 2 is 2.57 bits per heavy atom. The maximum absolute atomic E-state index is 5.55. The van der Waals surface area contributed by atoms with E-state index in [4.69, 9.17) is 17.0 Å². The van der Waals surface area contributed by atoms with E-state index in [0.29, 0.717) is 10.9 Å². The van der Waals surface area contributed by atoms with Crippen LogP contribution < -0.4 is 0 Å². The molecule has 0 spiro atoms. The Bertz CT molecular complexity index is 351. The van der Waals surface area contributed by atoms with Crippen molar-refractivity contribution in [3.63, 3.8) is 0 Å². The van der Waals surface area contributed by atoms with Gasteiger partial charge in [-0.05, 0) is 38.4 Å². The van der Waals surface area contributed by atoms with Gasteiger partial charge in [-0.25, -0.2) is 0 Å². The molecule has 2 rings (SSSR count). The summed E-state index contributed by atoms with van der Waals surface area (Å²) in [5.74, 6) is 0.952. The molecule has 1 saturated heterocycles. The first-order valence-corrected chi connectivity index (χ1v) is 5.41. The lowest BCUT2D eigenvalue weighted by Gasteiger charge is -2.09. The molecule has 4 nitrogen and oxygen atoms in total. The molecule has 78 valence electrons. The minimum Gasteiger partial charge on any atom is -0.378 e. The summed E-state index contributed by atoms with van der Waals surface area (Å²) in [6.45, 7) is 3.79. The van der Waals surface area contributed by atoms with E-state index >= 15 is 0 Å². The number of hydrogen-bond donors (Lipinski definition) is 1. The molecule has 2 heterocycles. The van der Waals surface area contributed by atoms with Gasteiger partial charge in [0, 0.05) is 13.2 Å². The molecule has 0 aromatic carbocycles. The van der Waals surface area contributed by atoms with Crippen molar-refractivity contribution in [1.82, 2.24) is 14.8 Å². The molecule has 5 heteroatoms. The van der Waals surface area contributed by atoms with Gasteiger partial charge in [-0.2, -0.15) is 5.10 Å². The predicted molar refractivity (Wildman–Crippen MR) is 55.7 cm³/mol. The number of rotatable bonds is 3. The van der Waals surface area contributed by atoms with E-state index in [1.165, 1.54) is 12.8 Å². The van der Waals surface area contributed by atoms with Gasteiger partial charge in [0.1, 0.15) is 5.82 Å². The number of aryl methyl sites for hydroxylation is 1. The number of H-pyrrole nitrogens is 1. The fourth-order valence-electron chi connectivity index (χ4n) is 1.80. The fraction of sp³-hybridized carbons (Fsp3) is 0.778. The van der Waals surface area contributed by atoms with Crippen LogP contribution in [0.25, 0.3) is 0 Å². The molecule has 0 bridgehead atoms. The quantitative estimate of drug-likeness (QED) is 0.779. The summed E-state index contributed by atoms with van der Waals surface area (Å²) in [6.07, 6.45) is 3.84. The molecule has 1 N–H and O–H groups in total. The summed E-state index contributed by atoms with van der Waals surface area (Å²) < 4.78 is 8.29. The van der Waals surface area contributed by atoms with Crippen LogP contribution in [0.5, 0.6) is 0 Å². The van der Waals surface area contributed by atoms with Crippen LogP contribution in [0.1, 0.15) is 25.1 Å². The third-order valence-electron chi connectivity index (χ3n) is 2.65. The summed E-state index contributed by atoms with van der Waals surface area (Å²) in [4.78, 5) is 0. The van der Waals surface area contributed by atoms with Crippen molar-refractivity contribution in [2.75, 3.05) is 6.61 Å². The van der Waals surface area contributed by atoms with Crippen LogP contribution in [0.2, 0.25) is 0 Å². The Kier molecular flexibility index (Phi) is 2.98. The topological polar surface area (TPSA) is 42.8 Å². The van der Waals surface area contributed by atoms with Gasteiger partial charge in [0.15, 0.2) is 4.77 Å². The summed E-state index contributed by atoms with van der Waals surface area (Å²) in [7, 11) is 0. The zero-order valence-corrected chi connectivity index (χ0v) is 9.14. The minimum atomic E-state index is 0.422. The highest BCUT2D eigenvalue weighted by atomic mass is 32.1. The summed E-state index contributed by atoms with van der Waals surface area (Å²) in [5, 5.41) is 6.85. The van der Waals surface area contributed by atoms with Crippen LogP contribution in [0.3, 0.4) is 0 Å². The second kappa shape index (κ2) is 4.23. The molecule has 1 aliphatic heterocycles. The average molecular weight is 213 g/mol. The molecule has 1 aromatic rings. The first-order chi connectivity index (χ1) is 6.77. The van der Waals surface area contributed by atoms with E-state index < -0.39 is 0 Å². The average Bonchev–Trinajstić information content (AvgIpc) is 2.76. The fourth-order valence-corrected chi connectivity index (χ4v) is 2.07. The SMILES string of the molecule is Cc1n[nH]c(=S)n1CCC1CCCO1. The van der Waals surface area contributed by atoms with Crippen LogP contribution in [0, 0.1) is 11.7 Å². The second-order valence-electron chi connectivity index (χ2n) is 3.65. The lowest BCUT2D eigenvalue weighted by molar-refractivity contribution is 0.100. The molecule has 0 saturated carbocycles. The number of nitrogens with one attached hydrogen (secondary N) is 1. The Labute approximate surface area is 88.3 Å². The van der Waals surface area contributed by atoms with Gasteiger partial charge >= 0.3 is 0 Å². The molecule has 14 heavy (non-hydrogen) atoms. The van der Waals surface area contributed by atoms with Gasteiger partial charge in [0.05, 0.1) is 6.10 Å². The van der Waals surface area contributed by atoms with Crippen molar-refractivity contribution >= 4 is 12.2 Å². The van der Waals surface area contributed by atoms with E-state index in [1.54, 1.807) is 0 Å². The van der Waals surface area contributed by atoms with Crippen molar-refractivity contribution in [3.8, 4) is 0 Å². The first-order valence-electron chi connectivity index (χ1n) is 5.01. The van der Waals surface area contributed by atoms with Crippen molar-refractivity contribution in [2.24, 2.45) is 0 Å². The maximum Gasteiger partial charge on any atom is 0.195 e. The van der Waals surface area contributed by atoms with E-state index in [1.807, 2.05) is 11.5 Å². The number of nitrogens with zero attached hydrogens (tertiary/aromatic N) is 2. The van der Waals surface area contributed by atoms with Crippen molar-refractivity contribution in [2.45, 2.75) is 38.8 Å². The number of hydrogen-bond acceptors (Lipinski definition) is 3. The standard InChI is InChI=1S/C9H15N3OS/c1-7-10-11-9(14)12(7)5-4-8-3-2-6-13-8/h8H,2-6H2,1H3,(H,11,14). The number of ether oxygens (including phenoxy) is 1. The van der Waals surface area contributed by atoms with Crippen molar-refractivity contribution in [3.05, 3.63) is 10.6 Å². The van der Waals surface area contributed by atoms with E-state index in [-0.39, 0.29) is 0 Å². The second-order valence-corrected chi connectivity index (χ2v) is 4.04. The summed E-state index contributed by atoms with van der Waals surface area (Å²) in [6, 6.07) is 0. The van der Waals surface area contributed by atoms with Gasteiger partial charge in [-0.15, -0.1) is 0 Å². The highest BCUT2D eigenvalue weighted by Crippen LogP contribution is 2.16. The minimum absolute atomic E-state index is 0.422. The van der Waals surface area contributed by atoms with Crippen LogP contribution in [-0.4, -0.2) is 27.5 Å². The summed E-state index contributed by atoms with van der Waals surface area (Å²) in [5.41, 5.74) is 0. The maximum atomic E-state index is 5.55. The van der Waals surface area contributed by atoms with E-state index in [9.17, 15) is 0 Å². The van der Waals surface area contributed by atoms with Gasteiger partial charge in [0.25, 0.3) is 0 Å². The molecule has 1 aliphatic rings. The van der Waals surface area contributed by atoms with Crippen LogP contribution in [0.4, 0.5) is 0 Å². The molecule has 1 fully saturated rings. The zero-order chi connectivity index (χ0) is 9.97. The van der Waals surface area contributed by atoms with Crippen LogP contribution in [-0.2, 0) is 11.3 Å². The first kappa shape index (κ1) is 9.86. The number of aromatic amines is 1. The lowest BCUT2D eigenvalue weighted by atomic mass is 10.2. The summed E-state index contributed by atoms with van der Waals surface area (Å²) >= 11 is 5.12. The van der Waals surface area contributed by atoms with Crippen molar-refractivity contribution < 1.29 is 4.74 Å². The van der Waals surface area contributed by atoms with Crippen molar-refractivity contribution in [1.29, 1.82) is 0 Å². The number of aromatic nitrogens is 3. The van der Waals surface area contributed by atoms with E-state index in [0.717, 1.165) is 25.4 Å². The Morgan fingerprint density at radius 3 is 3.14 bits per heavy atom. The Balaban J connectivity index is 1.94. The largest absolute Gasteiger partial charge is 0.378 e. The van der Waals surface area contributed by atoms with Gasteiger partial charge < -0.3 is 9.30 Å². The Morgan fingerprint density at radius 1 is 1.71 bits per heavy atom. The molecule has 0 aliphatic carbocycles. The zero-order valence-electron chi connectivity index (χ0n) is 8.32. The Hall–Kier alpha value is -0.680. The molecule has 1 unspecified atom stereocenters. The monoisotopic (exact) mass is 213 g/mol.